The second-order valence-electron chi connectivity index (χ2n) is 6.60. The lowest BCUT2D eigenvalue weighted by atomic mass is 10.0. The molecule has 0 radical (unpaired) electrons. The molecule has 0 saturated heterocycles. The molecule has 2 nitrogen and oxygen atoms in total. The fraction of sp³-hybridized carbons (Fsp3) is 0.160. The van der Waals surface area contributed by atoms with Crippen molar-refractivity contribution in [1.29, 1.82) is 0 Å². The molecule has 0 spiro atoms. The minimum atomic E-state index is -0.474. The van der Waals surface area contributed by atoms with E-state index < -0.39 is 5.82 Å². The largest absolute Gasteiger partial charge is 0.450 e. The molecular formula is C25H24ClFO2. The summed E-state index contributed by atoms with van der Waals surface area (Å²) >= 11 is 5.90. The van der Waals surface area contributed by atoms with Gasteiger partial charge in [-0.15, -0.1) is 11.6 Å². The number of ketones is 1. The third-order valence-corrected chi connectivity index (χ3v) is 4.74. The van der Waals surface area contributed by atoms with E-state index in [0.717, 1.165) is 22.3 Å². The highest BCUT2D eigenvalue weighted by Gasteiger charge is 2.15. The normalized spacial score (nSPS) is 12.5. The number of para-hydroxylation sites is 1. The summed E-state index contributed by atoms with van der Waals surface area (Å²) in [4.78, 5) is 12.5. The van der Waals surface area contributed by atoms with Crippen molar-refractivity contribution in [2.24, 2.45) is 0 Å². The Morgan fingerprint density at radius 3 is 2.45 bits per heavy atom. The van der Waals surface area contributed by atoms with Crippen molar-refractivity contribution in [1.82, 2.24) is 0 Å². The minimum absolute atomic E-state index is 0.109. The molecule has 0 N–H and O–H groups in total. The Kier molecular flexibility index (Phi) is 8.17. The van der Waals surface area contributed by atoms with Gasteiger partial charge < -0.3 is 4.42 Å². The maximum atomic E-state index is 13.8. The predicted molar refractivity (Wildman–Crippen MR) is 120 cm³/mol. The van der Waals surface area contributed by atoms with Gasteiger partial charge in [0, 0.05) is 17.7 Å². The first-order valence-corrected chi connectivity index (χ1v) is 9.72. The van der Waals surface area contributed by atoms with Crippen molar-refractivity contribution >= 4 is 28.4 Å². The van der Waals surface area contributed by atoms with E-state index in [0.29, 0.717) is 17.7 Å². The predicted octanol–water partition coefficient (Wildman–Crippen LogP) is 7.50. The summed E-state index contributed by atoms with van der Waals surface area (Å²) in [6.07, 6.45) is 9.91. The second-order valence-corrected chi connectivity index (χ2v) is 6.87. The van der Waals surface area contributed by atoms with Crippen molar-refractivity contribution in [3.8, 4) is 0 Å². The number of furan rings is 1. The van der Waals surface area contributed by atoms with Gasteiger partial charge in [0.2, 0.25) is 0 Å². The fourth-order valence-corrected chi connectivity index (χ4v) is 2.95. The van der Waals surface area contributed by atoms with E-state index in [1.807, 2.05) is 31.2 Å². The molecule has 2 rings (SSSR count). The minimum Gasteiger partial charge on any atom is -0.450 e. The number of carbonyl (C=O) groups is 1. The van der Waals surface area contributed by atoms with E-state index in [4.69, 9.17) is 16.0 Å². The highest BCUT2D eigenvalue weighted by atomic mass is 35.5. The first-order chi connectivity index (χ1) is 13.9. The maximum absolute atomic E-state index is 13.8. The Labute approximate surface area is 176 Å². The molecule has 0 saturated carbocycles. The Hall–Kier alpha value is -2.91. The lowest BCUT2D eigenvalue weighted by Gasteiger charge is -2.05. The molecule has 0 bridgehead atoms. The van der Waals surface area contributed by atoms with E-state index in [1.165, 1.54) is 6.07 Å². The zero-order chi connectivity index (χ0) is 21.4. The van der Waals surface area contributed by atoms with Gasteiger partial charge in [-0.05, 0) is 42.2 Å². The Balaban J connectivity index is 2.08. The van der Waals surface area contributed by atoms with Crippen LogP contribution in [0.15, 0.2) is 101 Å². The molecule has 0 aliphatic heterocycles. The number of carbonyl (C=O) groups excluding carboxylic acids is 1. The van der Waals surface area contributed by atoms with Gasteiger partial charge in [0.05, 0.1) is 0 Å². The maximum Gasteiger partial charge on any atom is 0.198 e. The van der Waals surface area contributed by atoms with Crippen molar-refractivity contribution < 1.29 is 13.6 Å². The molecule has 1 aromatic carbocycles. The van der Waals surface area contributed by atoms with Crippen LogP contribution in [-0.4, -0.2) is 11.7 Å². The number of benzene rings is 1. The van der Waals surface area contributed by atoms with Crippen LogP contribution >= 0.6 is 11.6 Å². The lowest BCUT2D eigenvalue weighted by molar-refractivity contribution is 0.0958. The van der Waals surface area contributed by atoms with Crippen LogP contribution in [0.25, 0.3) is 11.0 Å². The fourth-order valence-electron chi connectivity index (χ4n) is 2.69. The number of halogens is 2. The number of rotatable bonds is 10. The Morgan fingerprint density at radius 2 is 1.86 bits per heavy atom. The summed E-state index contributed by atoms with van der Waals surface area (Å²) in [6.45, 7) is 13.4. The molecule has 2 aromatic rings. The highest BCUT2D eigenvalue weighted by molar-refractivity contribution is 6.19. The summed E-state index contributed by atoms with van der Waals surface area (Å²) in [5.74, 6) is -0.140. The van der Waals surface area contributed by atoms with Crippen LogP contribution in [0.1, 0.15) is 30.3 Å². The zero-order valence-corrected chi connectivity index (χ0v) is 17.3. The van der Waals surface area contributed by atoms with E-state index in [-0.39, 0.29) is 23.5 Å². The summed E-state index contributed by atoms with van der Waals surface area (Å²) in [5.41, 5.74) is 3.59. The van der Waals surface area contributed by atoms with Crippen molar-refractivity contribution in [3.05, 3.63) is 108 Å². The quantitative estimate of drug-likeness (QED) is 0.230. The van der Waals surface area contributed by atoms with Crippen LogP contribution in [0.2, 0.25) is 0 Å². The van der Waals surface area contributed by atoms with E-state index in [2.05, 4.69) is 19.7 Å². The van der Waals surface area contributed by atoms with Crippen molar-refractivity contribution in [2.75, 3.05) is 5.88 Å². The molecule has 0 fully saturated rings. The van der Waals surface area contributed by atoms with Gasteiger partial charge in [0.25, 0.3) is 0 Å². The van der Waals surface area contributed by atoms with Crippen LogP contribution in [0.3, 0.4) is 0 Å². The van der Waals surface area contributed by atoms with Crippen LogP contribution < -0.4 is 0 Å². The summed E-state index contributed by atoms with van der Waals surface area (Å²) in [6, 6.07) is 6.19. The first-order valence-electron chi connectivity index (χ1n) is 9.18. The third-order valence-electron chi connectivity index (χ3n) is 4.45. The molecule has 0 atom stereocenters. The van der Waals surface area contributed by atoms with Gasteiger partial charge in [-0.1, -0.05) is 67.8 Å². The van der Waals surface area contributed by atoms with Gasteiger partial charge in [-0.2, -0.15) is 0 Å². The molecule has 0 aliphatic carbocycles. The van der Waals surface area contributed by atoms with Crippen LogP contribution in [-0.2, 0) is 0 Å². The number of allylic oxidation sites excluding steroid dienone is 9. The molecule has 1 heterocycles. The number of fused-ring (bicyclic) bond motifs is 1. The molecule has 0 unspecified atom stereocenters. The van der Waals surface area contributed by atoms with Gasteiger partial charge in [-0.25, -0.2) is 4.39 Å². The molecule has 4 heteroatoms. The van der Waals surface area contributed by atoms with Crippen LogP contribution in [0, 0.1) is 5.82 Å². The monoisotopic (exact) mass is 410 g/mol. The van der Waals surface area contributed by atoms with Crippen molar-refractivity contribution in [2.45, 2.75) is 19.8 Å². The summed E-state index contributed by atoms with van der Waals surface area (Å²) in [5, 5.41) is 0.579. The van der Waals surface area contributed by atoms with Gasteiger partial charge >= 0.3 is 0 Å². The van der Waals surface area contributed by atoms with E-state index in [1.54, 1.807) is 24.3 Å². The number of hydrogen-bond acceptors (Lipinski definition) is 2. The average molecular weight is 411 g/mol. The first kappa shape index (κ1) is 22.4. The number of hydrogen-bond donors (Lipinski definition) is 0. The SMILES string of the molecule is C=CC(=C)/C(=C/C=C/C=C(/CCC(=O)c1cc2cccc(F)c2o1)C(=C)C)CCl. The topological polar surface area (TPSA) is 30.2 Å². The summed E-state index contributed by atoms with van der Waals surface area (Å²) in [7, 11) is 0. The zero-order valence-electron chi connectivity index (χ0n) is 16.5. The average Bonchev–Trinajstić information content (AvgIpc) is 3.15. The lowest BCUT2D eigenvalue weighted by Crippen LogP contribution is -1.98. The number of Topliss-reactive ketones (excluding diaryl/α,β-unsaturated/α-hetero) is 1. The second kappa shape index (κ2) is 10.6. The van der Waals surface area contributed by atoms with Gasteiger partial charge in [0.1, 0.15) is 0 Å². The van der Waals surface area contributed by atoms with Gasteiger partial charge in [-0.3, -0.25) is 4.79 Å². The molecule has 1 aromatic heterocycles. The van der Waals surface area contributed by atoms with Gasteiger partial charge in [0.15, 0.2) is 22.9 Å². The van der Waals surface area contributed by atoms with Crippen molar-refractivity contribution in [3.63, 3.8) is 0 Å². The number of alkyl halides is 1. The highest BCUT2D eigenvalue weighted by Crippen LogP contribution is 2.24. The van der Waals surface area contributed by atoms with Crippen LogP contribution in [0.4, 0.5) is 4.39 Å². The summed E-state index contributed by atoms with van der Waals surface area (Å²) < 4.78 is 19.2. The molecule has 29 heavy (non-hydrogen) atoms. The molecule has 0 aliphatic rings. The Morgan fingerprint density at radius 1 is 1.17 bits per heavy atom. The molecule has 0 amide bonds. The van der Waals surface area contributed by atoms with E-state index in [9.17, 15) is 9.18 Å². The standard InChI is InChI=1S/C25H24ClFO2/c1-5-18(4)21(16-26)10-7-6-9-19(17(2)3)13-14-23(28)24-15-20-11-8-12-22(27)25(20)29-24/h5-12,15H,1-2,4,13-14,16H2,3H3/b7-6+,19-9-,21-10+. The smallest absolute Gasteiger partial charge is 0.198 e. The molecular weight excluding hydrogens is 387 g/mol. The molecule has 150 valence electrons. The Bertz CT molecular complexity index is 1030. The van der Waals surface area contributed by atoms with E-state index >= 15 is 0 Å². The third kappa shape index (κ3) is 6.03. The van der Waals surface area contributed by atoms with Crippen LogP contribution in [0.5, 0.6) is 0 Å².